The second kappa shape index (κ2) is 27.6. The topological polar surface area (TPSA) is 197 Å². The van der Waals surface area contributed by atoms with E-state index in [0.717, 1.165) is 33.9 Å². The van der Waals surface area contributed by atoms with Gasteiger partial charge in [-0.2, -0.15) is 0 Å². The quantitative estimate of drug-likeness (QED) is 0.0924. The van der Waals surface area contributed by atoms with Gasteiger partial charge in [0.15, 0.2) is 0 Å². The second-order valence-corrected chi connectivity index (χ2v) is 16.8. The Kier molecular flexibility index (Phi) is 23.1. The first kappa shape index (κ1) is 54.5. The summed E-state index contributed by atoms with van der Waals surface area (Å²) in [5.74, 6) is 0. The van der Waals surface area contributed by atoms with Gasteiger partial charge < -0.3 is 30.5 Å². The van der Waals surface area contributed by atoms with Crippen LogP contribution in [0.5, 0.6) is 0 Å². The summed E-state index contributed by atoms with van der Waals surface area (Å²) in [4.78, 5) is 36.0. The van der Waals surface area contributed by atoms with E-state index < -0.39 is 21.6 Å². The fourth-order valence-corrected chi connectivity index (χ4v) is 6.03. The number of aryl methyl sites for hydroxylation is 2. The first-order chi connectivity index (χ1) is 29.9. The number of nitrogens with zero attached hydrogens (tertiary/aromatic N) is 6. The Morgan fingerprint density at radius 1 is 0.431 bits per heavy atom. The minimum Gasteiger partial charge on any atom is -0.590 e. The molecule has 0 amide bonds. The van der Waals surface area contributed by atoms with Crippen LogP contribution in [0.15, 0.2) is 202 Å². The molecule has 8 aromatic rings. The summed E-state index contributed by atoms with van der Waals surface area (Å²) in [5, 5.41) is 8.98. The predicted molar refractivity (Wildman–Crippen MR) is 266 cm³/mol. The summed E-state index contributed by atoms with van der Waals surface area (Å²) in [6.45, 7) is 3.69. The first-order valence-corrected chi connectivity index (χ1v) is 23.4. The van der Waals surface area contributed by atoms with Gasteiger partial charge in [0, 0.05) is 80.3 Å². The van der Waals surface area contributed by atoms with Crippen molar-refractivity contribution in [2.24, 2.45) is 9.98 Å². The van der Waals surface area contributed by atoms with Crippen molar-refractivity contribution in [2.75, 3.05) is 25.0 Å². The number of hydrogen-bond acceptors (Lipinski definition) is 6. The number of benzene rings is 6. The molecule has 15 heteroatoms. The molecule has 0 aliphatic carbocycles. The van der Waals surface area contributed by atoms with E-state index in [2.05, 4.69) is 10.2 Å². The van der Waals surface area contributed by atoms with Gasteiger partial charge in [-0.25, -0.2) is 9.98 Å². The van der Waals surface area contributed by atoms with Crippen molar-refractivity contribution in [2.45, 2.75) is 13.8 Å². The summed E-state index contributed by atoms with van der Waals surface area (Å²) in [7, 11) is -1.22. The number of aliphatic imine (C=N–C) groups is 2. The van der Waals surface area contributed by atoms with Gasteiger partial charge in [0.05, 0.1) is 22.8 Å². The third kappa shape index (κ3) is 15.9. The first-order valence-electron chi connectivity index (χ1n) is 19.5. The van der Waals surface area contributed by atoms with Crippen molar-refractivity contribution in [1.82, 2.24) is 19.6 Å². The molecule has 0 fully saturated rings. The molecule has 2 heterocycles. The third-order valence-corrected chi connectivity index (χ3v) is 8.60. The Labute approximate surface area is 394 Å². The van der Waals surface area contributed by atoms with Gasteiger partial charge >= 0.3 is 16.5 Å². The van der Waals surface area contributed by atoms with Crippen molar-refractivity contribution >= 4 is 44.4 Å². The minimum atomic E-state index is -0.611. The molecule has 65 heavy (non-hydrogen) atoms. The van der Waals surface area contributed by atoms with Crippen LogP contribution in [0.25, 0.3) is 11.4 Å². The smallest absolute Gasteiger partial charge is 0.590 e. The van der Waals surface area contributed by atoms with Crippen LogP contribution in [0.1, 0.15) is 33.6 Å². The Balaban J connectivity index is 0.000000369. The van der Waals surface area contributed by atoms with Gasteiger partial charge in [-0.3, -0.25) is 18.0 Å². The number of hydrogen-bond donors (Lipinski definition) is 0. The molecular formula is C50H54N6NiO6S2+2. The van der Waals surface area contributed by atoms with E-state index >= 15 is 0 Å². The SMILES string of the molecule is CS(C)=O.CS(C)=O.Cc1[n-]n(-c2ccccc2)c(=O)c1C(=Nc1ccccc1)c1ccccc1.Cc1[n-]n(-c2ccccc2)c(=O)c1C(=Nc1ccccc1)c1ccccc1.[Ni+2].[OH3+].[OH3+]. The van der Waals surface area contributed by atoms with Crippen molar-refractivity contribution < 1.29 is 35.9 Å². The fourth-order valence-electron chi connectivity index (χ4n) is 6.03. The van der Waals surface area contributed by atoms with Crippen LogP contribution in [-0.4, -0.2) is 54.2 Å². The van der Waals surface area contributed by atoms with Gasteiger partial charge in [-0.1, -0.05) is 147 Å². The molecule has 0 unspecified atom stereocenters. The van der Waals surface area contributed by atoms with Gasteiger partial charge in [0.2, 0.25) is 11.1 Å². The number of rotatable bonds is 8. The molecule has 0 aliphatic rings. The van der Waals surface area contributed by atoms with Crippen molar-refractivity contribution in [3.8, 4) is 11.4 Å². The zero-order chi connectivity index (χ0) is 44.4. The third-order valence-electron chi connectivity index (χ3n) is 8.60. The average molecular weight is 958 g/mol. The number of para-hydroxylation sites is 4. The van der Waals surface area contributed by atoms with Crippen LogP contribution in [0.2, 0.25) is 0 Å². The van der Waals surface area contributed by atoms with E-state index in [-0.39, 0.29) is 38.6 Å². The Morgan fingerprint density at radius 2 is 0.662 bits per heavy atom. The zero-order valence-electron chi connectivity index (χ0n) is 36.9. The monoisotopic (exact) mass is 956 g/mol. The maximum atomic E-state index is 13.2. The normalized spacial score (nSPS) is 10.6. The van der Waals surface area contributed by atoms with Gasteiger partial charge in [0.25, 0.3) is 0 Å². The standard InChI is InChI=1S/2C23H19N3O.2C2H6OS.Ni.2H2O/c2*1-17-21(23(27)26(25-17)20-15-9-4-10-16-20)22(18-11-5-2-6-12-18)24-19-13-7-3-8-14-19;2*1-4(2)3;;;/h2*2-16H,1H3,(H,24,25,27);2*1-2H3;;2*1H2/q;;;;+2;;. The Hall–Kier alpha value is -6.61. The van der Waals surface area contributed by atoms with E-state index in [4.69, 9.17) is 9.98 Å². The van der Waals surface area contributed by atoms with Crippen molar-refractivity contribution in [1.29, 1.82) is 0 Å². The van der Waals surface area contributed by atoms with Gasteiger partial charge in [-0.05, 0) is 48.5 Å². The molecule has 8 rings (SSSR count). The molecule has 0 aliphatic heterocycles. The summed E-state index contributed by atoms with van der Waals surface area (Å²) in [6.07, 6.45) is 6.56. The van der Waals surface area contributed by atoms with E-state index in [1.165, 1.54) is 9.36 Å². The molecule has 6 N–H and O–H groups in total. The van der Waals surface area contributed by atoms with E-state index in [9.17, 15) is 18.0 Å². The Bertz CT molecular complexity index is 2660. The minimum absolute atomic E-state index is 0. The molecule has 0 saturated carbocycles. The van der Waals surface area contributed by atoms with Crippen LogP contribution in [0, 0.1) is 13.8 Å². The van der Waals surface area contributed by atoms with E-state index in [0.29, 0.717) is 33.9 Å². The molecule has 0 bridgehead atoms. The van der Waals surface area contributed by atoms with Crippen LogP contribution < -0.4 is 21.3 Å². The maximum absolute atomic E-state index is 13.2. The van der Waals surface area contributed by atoms with Gasteiger partial charge in [-0.15, -0.1) is 11.4 Å². The number of aromatic nitrogens is 4. The van der Waals surface area contributed by atoms with E-state index in [1.54, 1.807) is 25.0 Å². The molecule has 0 atom stereocenters. The van der Waals surface area contributed by atoms with Crippen molar-refractivity contribution in [3.05, 3.63) is 236 Å². The second-order valence-electron chi connectivity index (χ2n) is 13.8. The molecule has 0 saturated heterocycles. The average Bonchev–Trinajstić information content (AvgIpc) is 3.75. The summed E-state index contributed by atoms with van der Waals surface area (Å²) in [6, 6.07) is 57.7. The zero-order valence-corrected chi connectivity index (χ0v) is 39.5. The fraction of sp³-hybridized carbons (Fsp3) is 0.120. The van der Waals surface area contributed by atoms with Crippen LogP contribution in [0.3, 0.4) is 0 Å². The van der Waals surface area contributed by atoms with Crippen molar-refractivity contribution in [3.63, 3.8) is 0 Å². The summed E-state index contributed by atoms with van der Waals surface area (Å²) < 4.78 is 22.0. The summed E-state index contributed by atoms with van der Waals surface area (Å²) in [5.41, 5.74) is 8.11. The van der Waals surface area contributed by atoms with E-state index in [1.807, 2.05) is 196 Å². The maximum Gasteiger partial charge on any atom is 2.00 e. The largest absolute Gasteiger partial charge is 2.00 e. The predicted octanol–water partition coefficient (Wildman–Crippen LogP) is 6.69. The van der Waals surface area contributed by atoms with Gasteiger partial charge in [0.1, 0.15) is 0 Å². The molecule has 340 valence electrons. The molecule has 0 radical (unpaired) electrons. The molecule has 2 aromatic heterocycles. The molecule has 0 spiro atoms. The van der Waals surface area contributed by atoms with Crippen LogP contribution in [0.4, 0.5) is 11.4 Å². The molecule has 6 aromatic carbocycles. The van der Waals surface area contributed by atoms with Crippen LogP contribution in [-0.2, 0) is 49.0 Å². The summed E-state index contributed by atoms with van der Waals surface area (Å²) >= 11 is 0. The van der Waals surface area contributed by atoms with Crippen LogP contribution >= 0.6 is 0 Å². The molecular weight excluding hydrogens is 903 g/mol. The molecule has 12 nitrogen and oxygen atoms in total. The Morgan fingerprint density at radius 3 is 0.923 bits per heavy atom.